The van der Waals surface area contributed by atoms with Crippen LogP contribution in [0, 0.1) is 5.92 Å². The normalized spacial score (nSPS) is 12.1. The molecule has 0 aliphatic rings. The summed E-state index contributed by atoms with van der Waals surface area (Å²) in [6.07, 6.45) is 1.84. The second kappa shape index (κ2) is 7.98. The monoisotopic (exact) mass is 318 g/mol. The summed E-state index contributed by atoms with van der Waals surface area (Å²) in [6.45, 7) is 5.31. The third kappa shape index (κ3) is 5.40. The zero-order valence-electron chi connectivity index (χ0n) is 12.2. The Morgan fingerprint density at radius 2 is 2.00 bits per heavy atom. The zero-order valence-corrected chi connectivity index (χ0v) is 13.8. The van der Waals surface area contributed by atoms with E-state index in [9.17, 15) is 8.42 Å². The lowest BCUT2D eigenvalue weighted by molar-refractivity contribution is 0.540. The molecule has 0 spiro atoms. The summed E-state index contributed by atoms with van der Waals surface area (Å²) in [5.74, 6) is 0.578. The Hall–Kier alpha value is -0.620. The molecular weight excluding hydrogens is 296 g/mol. The van der Waals surface area contributed by atoms with Gasteiger partial charge >= 0.3 is 0 Å². The van der Waals surface area contributed by atoms with Gasteiger partial charge in [-0.3, -0.25) is 0 Å². The molecule has 0 aliphatic carbocycles. The molecule has 20 heavy (non-hydrogen) atoms. The van der Waals surface area contributed by atoms with Gasteiger partial charge in [-0.2, -0.15) is 0 Å². The number of sulfonamides is 1. The van der Waals surface area contributed by atoms with Crippen LogP contribution in [-0.2, 0) is 16.6 Å². The third-order valence-corrected chi connectivity index (χ3v) is 4.76. The van der Waals surface area contributed by atoms with E-state index >= 15 is 0 Å². The molecule has 6 heteroatoms. The van der Waals surface area contributed by atoms with E-state index in [1.54, 1.807) is 12.1 Å². The van der Waals surface area contributed by atoms with Crippen molar-refractivity contribution in [2.24, 2.45) is 5.92 Å². The molecular formula is C14H23ClN2O2S. The second-order valence-corrected chi connectivity index (χ2v) is 7.39. The van der Waals surface area contributed by atoms with E-state index in [1.165, 1.54) is 6.07 Å². The number of rotatable bonds is 8. The maximum Gasteiger partial charge on any atom is 0.240 e. The van der Waals surface area contributed by atoms with Crippen molar-refractivity contribution in [2.75, 3.05) is 13.6 Å². The molecule has 1 aromatic carbocycles. The lowest BCUT2D eigenvalue weighted by Crippen LogP contribution is -2.25. The van der Waals surface area contributed by atoms with Crippen molar-refractivity contribution < 1.29 is 8.42 Å². The largest absolute Gasteiger partial charge is 0.316 e. The van der Waals surface area contributed by atoms with Gasteiger partial charge in [0.05, 0.1) is 4.90 Å². The standard InChI is InChI=1S/C14H23ClN2O2S/c1-11(2)5-4-8-17-20(18,19)13-7-6-12(10-16-3)14(15)9-13/h6-7,9,11,16-17H,4-5,8,10H2,1-3H3. The van der Waals surface area contributed by atoms with Crippen molar-refractivity contribution in [2.45, 2.75) is 38.1 Å². The highest BCUT2D eigenvalue weighted by atomic mass is 35.5. The number of halogens is 1. The molecule has 0 fully saturated rings. The Bertz CT molecular complexity index is 530. The highest BCUT2D eigenvalue weighted by molar-refractivity contribution is 7.89. The summed E-state index contributed by atoms with van der Waals surface area (Å²) < 4.78 is 26.8. The van der Waals surface area contributed by atoms with Gasteiger partial charge < -0.3 is 5.32 Å². The molecule has 1 rings (SSSR count). The van der Waals surface area contributed by atoms with Crippen molar-refractivity contribution in [1.29, 1.82) is 0 Å². The van der Waals surface area contributed by atoms with E-state index in [0.29, 0.717) is 24.0 Å². The highest BCUT2D eigenvalue weighted by Crippen LogP contribution is 2.20. The van der Waals surface area contributed by atoms with Crippen molar-refractivity contribution in [1.82, 2.24) is 10.0 Å². The fourth-order valence-corrected chi connectivity index (χ4v) is 3.24. The minimum absolute atomic E-state index is 0.215. The van der Waals surface area contributed by atoms with E-state index in [4.69, 9.17) is 11.6 Å². The van der Waals surface area contributed by atoms with Crippen molar-refractivity contribution >= 4 is 21.6 Å². The molecule has 0 radical (unpaired) electrons. The van der Waals surface area contributed by atoms with Crippen molar-refractivity contribution in [3.8, 4) is 0 Å². The minimum Gasteiger partial charge on any atom is -0.316 e. The van der Waals surface area contributed by atoms with Crippen LogP contribution < -0.4 is 10.0 Å². The maximum absolute atomic E-state index is 12.1. The fraction of sp³-hybridized carbons (Fsp3) is 0.571. The van der Waals surface area contributed by atoms with Gasteiger partial charge in [-0.15, -0.1) is 0 Å². The average Bonchev–Trinajstić information content (AvgIpc) is 2.37. The molecule has 4 nitrogen and oxygen atoms in total. The minimum atomic E-state index is -3.47. The lowest BCUT2D eigenvalue weighted by Gasteiger charge is -2.10. The van der Waals surface area contributed by atoms with Crippen LogP contribution in [0.25, 0.3) is 0 Å². The number of hydrogen-bond acceptors (Lipinski definition) is 3. The van der Waals surface area contributed by atoms with Crippen LogP contribution in [0.15, 0.2) is 23.1 Å². The molecule has 1 aromatic rings. The van der Waals surface area contributed by atoms with Crippen LogP contribution in [0.5, 0.6) is 0 Å². The van der Waals surface area contributed by atoms with Gasteiger partial charge in [0.15, 0.2) is 0 Å². The van der Waals surface area contributed by atoms with Gasteiger partial charge in [-0.25, -0.2) is 13.1 Å². The molecule has 0 saturated carbocycles. The first-order valence-corrected chi connectivity index (χ1v) is 8.65. The molecule has 0 aliphatic heterocycles. The molecule has 0 saturated heterocycles. The van der Waals surface area contributed by atoms with E-state index in [1.807, 2.05) is 7.05 Å². The summed E-state index contributed by atoms with van der Waals surface area (Å²) in [7, 11) is -1.65. The van der Waals surface area contributed by atoms with Crippen LogP contribution in [0.3, 0.4) is 0 Å². The van der Waals surface area contributed by atoms with E-state index in [-0.39, 0.29) is 4.90 Å². The first-order chi connectivity index (χ1) is 9.36. The molecule has 0 amide bonds. The summed E-state index contributed by atoms with van der Waals surface area (Å²) in [5, 5.41) is 3.45. The summed E-state index contributed by atoms with van der Waals surface area (Å²) in [4.78, 5) is 0.215. The van der Waals surface area contributed by atoms with Gasteiger partial charge in [0.1, 0.15) is 0 Å². The van der Waals surface area contributed by atoms with Crippen LogP contribution in [0.1, 0.15) is 32.3 Å². The molecule has 0 aromatic heterocycles. The van der Waals surface area contributed by atoms with Gasteiger partial charge in [0.25, 0.3) is 0 Å². The SMILES string of the molecule is CNCc1ccc(S(=O)(=O)NCCCC(C)C)cc1Cl. The van der Waals surface area contributed by atoms with Gasteiger partial charge in [0.2, 0.25) is 10.0 Å². The first kappa shape index (κ1) is 17.4. The molecule has 114 valence electrons. The Labute approximate surface area is 127 Å². The summed E-state index contributed by atoms with van der Waals surface area (Å²) in [5.41, 5.74) is 0.882. The van der Waals surface area contributed by atoms with E-state index in [0.717, 1.165) is 18.4 Å². The number of hydrogen-bond donors (Lipinski definition) is 2. The average molecular weight is 319 g/mol. The zero-order chi connectivity index (χ0) is 15.2. The van der Waals surface area contributed by atoms with Crippen molar-refractivity contribution in [3.63, 3.8) is 0 Å². The predicted molar refractivity (Wildman–Crippen MR) is 83.5 cm³/mol. The van der Waals surface area contributed by atoms with Gasteiger partial charge in [-0.05, 0) is 43.5 Å². The predicted octanol–water partition coefficient (Wildman–Crippen LogP) is 2.77. The Kier molecular flexibility index (Phi) is 6.95. The Balaban J connectivity index is 2.70. The van der Waals surface area contributed by atoms with Crippen LogP contribution >= 0.6 is 11.6 Å². The van der Waals surface area contributed by atoms with E-state index in [2.05, 4.69) is 23.9 Å². The maximum atomic E-state index is 12.1. The Morgan fingerprint density at radius 3 is 2.55 bits per heavy atom. The third-order valence-electron chi connectivity index (χ3n) is 2.95. The smallest absolute Gasteiger partial charge is 0.240 e. The topological polar surface area (TPSA) is 58.2 Å². The fourth-order valence-electron chi connectivity index (χ4n) is 1.83. The summed E-state index contributed by atoms with van der Waals surface area (Å²) in [6, 6.07) is 4.82. The summed E-state index contributed by atoms with van der Waals surface area (Å²) >= 11 is 6.08. The van der Waals surface area contributed by atoms with Crippen molar-refractivity contribution in [3.05, 3.63) is 28.8 Å². The van der Waals surface area contributed by atoms with Gasteiger partial charge in [0, 0.05) is 18.1 Å². The molecule has 0 bridgehead atoms. The van der Waals surface area contributed by atoms with Crippen LogP contribution in [0.4, 0.5) is 0 Å². The number of benzene rings is 1. The highest BCUT2D eigenvalue weighted by Gasteiger charge is 2.15. The van der Waals surface area contributed by atoms with Gasteiger partial charge in [-0.1, -0.05) is 31.5 Å². The lowest BCUT2D eigenvalue weighted by atomic mass is 10.1. The number of nitrogens with one attached hydrogen (secondary N) is 2. The molecule has 0 atom stereocenters. The van der Waals surface area contributed by atoms with Crippen LogP contribution in [-0.4, -0.2) is 22.0 Å². The molecule has 0 heterocycles. The van der Waals surface area contributed by atoms with E-state index < -0.39 is 10.0 Å². The first-order valence-electron chi connectivity index (χ1n) is 6.79. The molecule has 2 N–H and O–H groups in total. The quantitative estimate of drug-likeness (QED) is 0.725. The second-order valence-electron chi connectivity index (χ2n) is 5.22. The molecule has 0 unspecified atom stereocenters. The van der Waals surface area contributed by atoms with Crippen LogP contribution in [0.2, 0.25) is 5.02 Å². The Morgan fingerprint density at radius 1 is 1.30 bits per heavy atom.